The molecular formula is C23H26F3N3O3. The lowest BCUT2D eigenvalue weighted by Gasteiger charge is -2.16. The number of hydrogen-bond acceptors (Lipinski definition) is 6. The normalized spacial score (nSPS) is 11.6. The van der Waals surface area contributed by atoms with Gasteiger partial charge in [0.15, 0.2) is 11.5 Å². The van der Waals surface area contributed by atoms with E-state index in [-0.39, 0.29) is 12.1 Å². The maximum atomic E-state index is 14.6. The Labute approximate surface area is 184 Å². The molecule has 3 aromatic rings. The maximum absolute atomic E-state index is 14.6. The smallest absolute Gasteiger partial charge is 0.273 e. The first kappa shape index (κ1) is 23.6. The molecule has 0 atom stereocenters. The highest BCUT2D eigenvalue weighted by molar-refractivity contribution is 5.91. The second-order valence-electron chi connectivity index (χ2n) is 7.36. The minimum absolute atomic E-state index is 0.0304. The summed E-state index contributed by atoms with van der Waals surface area (Å²) in [7, 11) is 3.16. The van der Waals surface area contributed by atoms with Gasteiger partial charge in [-0.3, -0.25) is 0 Å². The third kappa shape index (κ3) is 5.40. The zero-order valence-corrected chi connectivity index (χ0v) is 18.5. The number of alkyl halides is 2. The van der Waals surface area contributed by atoms with Crippen LogP contribution in [0.2, 0.25) is 0 Å². The second-order valence-corrected chi connectivity index (χ2v) is 7.36. The summed E-state index contributed by atoms with van der Waals surface area (Å²) in [4.78, 5) is 8.85. The fourth-order valence-electron chi connectivity index (χ4n) is 3.28. The fourth-order valence-corrected chi connectivity index (χ4v) is 3.28. The monoisotopic (exact) mass is 449 g/mol. The minimum atomic E-state index is -3.27. The Morgan fingerprint density at radius 3 is 2.53 bits per heavy atom. The average Bonchev–Trinajstić information content (AvgIpc) is 2.74. The quantitative estimate of drug-likeness (QED) is 0.428. The molecule has 0 aliphatic heterocycles. The topological polar surface area (TPSA) is 65.5 Å². The minimum Gasteiger partial charge on any atom is -0.493 e. The van der Waals surface area contributed by atoms with E-state index in [4.69, 9.17) is 14.2 Å². The molecular weight excluding hydrogens is 423 g/mol. The summed E-state index contributed by atoms with van der Waals surface area (Å²) in [6.07, 6.45) is 0.699. The summed E-state index contributed by atoms with van der Waals surface area (Å²) in [5, 5.41) is 3.69. The van der Waals surface area contributed by atoms with E-state index in [0.29, 0.717) is 60.6 Å². The van der Waals surface area contributed by atoms with Gasteiger partial charge in [0.25, 0.3) is 5.92 Å². The summed E-state index contributed by atoms with van der Waals surface area (Å²) in [5.74, 6) is -2.26. The lowest BCUT2D eigenvalue weighted by atomic mass is 10.0. The molecule has 0 fully saturated rings. The van der Waals surface area contributed by atoms with Gasteiger partial charge in [-0.2, -0.15) is 0 Å². The molecule has 1 heterocycles. The van der Waals surface area contributed by atoms with Crippen LogP contribution in [0.5, 0.6) is 11.5 Å². The van der Waals surface area contributed by atoms with Gasteiger partial charge in [0.2, 0.25) is 0 Å². The van der Waals surface area contributed by atoms with Crippen molar-refractivity contribution in [3.63, 3.8) is 0 Å². The van der Waals surface area contributed by atoms with Crippen LogP contribution in [0, 0.1) is 12.7 Å². The molecule has 0 bridgehead atoms. The van der Waals surface area contributed by atoms with E-state index in [9.17, 15) is 13.2 Å². The molecule has 1 N–H and O–H groups in total. The number of methoxy groups -OCH3 is 2. The SMILES string of the molecule is COCCCOc1cc2c(NCc3cccc(C(C)(F)F)c3F)nc(C)nc2cc1OC. The highest BCUT2D eigenvalue weighted by Crippen LogP contribution is 2.35. The summed E-state index contributed by atoms with van der Waals surface area (Å²) < 4.78 is 58.3. The molecule has 0 aliphatic carbocycles. The Balaban J connectivity index is 1.92. The number of anilines is 1. The van der Waals surface area contributed by atoms with Gasteiger partial charge in [-0.05, 0) is 13.0 Å². The predicted octanol–water partition coefficient (Wildman–Crippen LogP) is 5.23. The van der Waals surface area contributed by atoms with Crippen LogP contribution in [0.25, 0.3) is 10.9 Å². The molecule has 3 rings (SSSR count). The highest BCUT2D eigenvalue weighted by Gasteiger charge is 2.29. The highest BCUT2D eigenvalue weighted by atomic mass is 19.3. The number of fused-ring (bicyclic) bond motifs is 1. The van der Waals surface area contributed by atoms with E-state index < -0.39 is 17.3 Å². The molecule has 1 aromatic heterocycles. The molecule has 9 heteroatoms. The van der Waals surface area contributed by atoms with E-state index in [2.05, 4.69) is 15.3 Å². The van der Waals surface area contributed by atoms with Crippen molar-refractivity contribution in [3.8, 4) is 11.5 Å². The summed E-state index contributed by atoms with van der Waals surface area (Å²) >= 11 is 0. The molecule has 2 aromatic carbocycles. The average molecular weight is 449 g/mol. The van der Waals surface area contributed by atoms with Gasteiger partial charge in [-0.1, -0.05) is 18.2 Å². The van der Waals surface area contributed by atoms with Crippen molar-refractivity contribution in [2.75, 3.05) is 32.8 Å². The summed E-state index contributed by atoms with van der Waals surface area (Å²) in [6.45, 7) is 3.36. The second kappa shape index (κ2) is 10.0. The number of halogens is 3. The molecule has 6 nitrogen and oxygen atoms in total. The van der Waals surface area contributed by atoms with Crippen LogP contribution in [0.3, 0.4) is 0 Å². The Bertz CT molecular complexity index is 1090. The lowest BCUT2D eigenvalue weighted by Crippen LogP contribution is -2.13. The largest absolute Gasteiger partial charge is 0.493 e. The van der Waals surface area contributed by atoms with Crippen LogP contribution in [-0.4, -0.2) is 37.4 Å². The van der Waals surface area contributed by atoms with Crippen LogP contribution < -0.4 is 14.8 Å². The Morgan fingerprint density at radius 2 is 1.84 bits per heavy atom. The standard InChI is InChI=1S/C23H26F3N3O3/c1-14-28-18-12-19(31-4)20(32-10-6-9-30-3)11-16(18)22(29-14)27-13-15-7-5-8-17(21(15)24)23(2,25)26/h5,7-8,11-12H,6,9-10,13H2,1-4H3,(H,27,28,29). The third-order valence-corrected chi connectivity index (χ3v) is 4.84. The number of nitrogens with one attached hydrogen (secondary N) is 1. The Morgan fingerprint density at radius 1 is 1.06 bits per heavy atom. The zero-order valence-electron chi connectivity index (χ0n) is 18.5. The Hall–Kier alpha value is -3.07. The summed E-state index contributed by atoms with van der Waals surface area (Å²) in [6, 6.07) is 7.44. The predicted molar refractivity (Wildman–Crippen MR) is 116 cm³/mol. The van der Waals surface area contributed by atoms with Gasteiger partial charge in [-0.15, -0.1) is 0 Å². The molecule has 0 saturated heterocycles. The van der Waals surface area contributed by atoms with Crippen LogP contribution in [0.15, 0.2) is 30.3 Å². The van der Waals surface area contributed by atoms with Crippen molar-refractivity contribution < 1.29 is 27.4 Å². The summed E-state index contributed by atoms with van der Waals surface area (Å²) in [5.41, 5.74) is 0.0744. The molecule has 172 valence electrons. The van der Waals surface area contributed by atoms with Crippen molar-refractivity contribution in [1.82, 2.24) is 9.97 Å². The molecule has 0 spiro atoms. The molecule has 32 heavy (non-hydrogen) atoms. The van der Waals surface area contributed by atoms with Gasteiger partial charge >= 0.3 is 0 Å². The first-order valence-electron chi connectivity index (χ1n) is 10.1. The maximum Gasteiger partial charge on any atom is 0.273 e. The van der Waals surface area contributed by atoms with E-state index in [1.54, 1.807) is 26.2 Å². The van der Waals surface area contributed by atoms with Crippen LogP contribution in [0.1, 0.15) is 30.3 Å². The van der Waals surface area contributed by atoms with Crippen molar-refractivity contribution in [2.24, 2.45) is 0 Å². The number of ether oxygens (including phenoxy) is 3. The first-order valence-corrected chi connectivity index (χ1v) is 10.1. The molecule has 0 unspecified atom stereocenters. The van der Waals surface area contributed by atoms with Gasteiger partial charge in [0, 0.05) is 50.6 Å². The lowest BCUT2D eigenvalue weighted by molar-refractivity contribution is 0.0136. The third-order valence-electron chi connectivity index (χ3n) is 4.84. The number of aryl methyl sites for hydroxylation is 1. The van der Waals surface area contributed by atoms with Crippen LogP contribution in [-0.2, 0) is 17.2 Å². The number of hydrogen-bond donors (Lipinski definition) is 1. The van der Waals surface area contributed by atoms with Gasteiger partial charge in [0.1, 0.15) is 17.5 Å². The zero-order chi connectivity index (χ0) is 23.3. The van der Waals surface area contributed by atoms with E-state index in [1.165, 1.54) is 19.2 Å². The van der Waals surface area contributed by atoms with Crippen molar-refractivity contribution in [3.05, 3.63) is 53.1 Å². The van der Waals surface area contributed by atoms with Gasteiger partial charge in [-0.25, -0.2) is 23.1 Å². The van der Waals surface area contributed by atoms with E-state index in [0.717, 1.165) is 6.07 Å². The number of benzene rings is 2. The molecule has 0 amide bonds. The van der Waals surface area contributed by atoms with Crippen molar-refractivity contribution >= 4 is 16.7 Å². The first-order chi connectivity index (χ1) is 15.2. The van der Waals surface area contributed by atoms with E-state index >= 15 is 0 Å². The van der Waals surface area contributed by atoms with Crippen LogP contribution >= 0.6 is 0 Å². The van der Waals surface area contributed by atoms with E-state index in [1.807, 2.05) is 0 Å². The number of nitrogens with zero attached hydrogens (tertiary/aromatic N) is 2. The molecule has 0 aliphatic rings. The van der Waals surface area contributed by atoms with Gasteiger partial charge in [0.05, 0.1) is 24.8 Å². The van der Waals surface area contributed by atoms with Crippen molar-refractivity contribution in [2.45, 2.75) is 32.7 Å². The van der Waals surface area contributed by atoms with Crippen LogP contribution in [0.4, 0.5) is 19.0 Å². The number of aromatic nitrogens is 2. The van der Waals surface area contributed by atoms with Crippen molar-refractivity contribution in [1.29, 1.82) is 0 Å². The number of rotatable bonds is 10. The molecule has 0 saturated carbocycles. The molecule has 0 radical (unpaired) electrons. The fraction of sp³-hybridized carbons (Fsp3) is 0.391. The Kier molecular flexibility index (Phi) is 7.40. The van der Waals surface area contributed by atoms with Gasteiger partial charge < -0.3 is 19.5 Å².